The lowest BCUT2D eigenvalue weighted by atomic mass is 10.2. The first kappa shape index (κ1) is 23.5. The van der Waals surface area contributed by atoms with Gasteiger partial charge < -0.3 is 15.9 Å². The van der Waals surface area contributed by atoms with Crippen LogP contribution in [-0.4, -0.2) is 37.7 Å². The number of hydrazone groups is 1. The number of primary sulfonamides is 1. The van der Waals surface area contributed by atoms with Gasteiger partial charge in [-0.2, -0.15) is 0 Å². The number of aromatic nitrogens is 1. The Morgan fingerprint density at radius 3 is 2.43 bits per heavy atom. The monoisotopic (exact) mass is 471 g/mol. The van der Waals surface area contributed by atoms with E-state index in [1.807, 2.05) is 12.1 Å². The lowest BCUT2D eigenvalue weighted by Crippen LogP contribution is -2.31. The van der Waals surface area contributed by atoms with E-state index in [4.69, 9.17) is 26.9 Å². The molecular formula is C16H22BrN7O3S. The zero-order valence-electron chi connectivity index (χ0n) is 15.3. The van der Waals surface area contributed by atoms with Gasteiger partial charge >= 0.3 is 0 Å². The summed E-state index contributed by atoms with van der Waals surface area (Å²) in [5, 5.41) is 16.0. The third-order valence-electron chi connectivity index (χ3n) is 3.13. The number of benzene rings is 1. The molecule has 7 N–H and O–H groups in total. The highest BCUT2D eigenvalue weighted by Crippen LogP contribution is 2.21. The van der Waals surface area contributed by atoms with Gasteiger partial charge in [0.15, 0.2) is 10.9 Å². The van der Waals surface area contributed by atoms with Crippen LogP contribution < -0.4 is 21.5 Å². The quantitative estimate of drug-likeness (QED) is 0.211. The molecule has 0 saturated carbocycles. The Morgan fingerprint density at radius 2 is 1.93 bits per heavy atom. The smallest absolute Gasteiger partial charge is 0.256 e. The normalized spacial score (nSPS) is 11.2. The number of nitrogens with zero attached hydrogens (tertiary/aromatic N) is 3. The van der Waals surface area contributed by atoms with Crippen molar-refractivity contribution in [1.29, 1.82) is 5.41 Å². The fraction of sp³-hybridized carbons (Fsp3) is 0.188. The zero-order valence-corrected chi connectivity index (χ0v) is 17.7. The average molecular weight is 472 g/mol. The van der Waals surface area contributed by atoms with Crippen LogP contribution in [0.2, 0.25) is 0 Å². The van der Waals surface area contributed by atoms with E-state index in [1.54, 1.807) is 26.2 Å². The van der Waals surface area contributed by atoms with E-state index in [0.29, 0.717) is 10.2 Å². The van der Waals surface area contributed by atoms with Gasteiger partial charge in [-0.05, 0) is 52.8 Å². The molecule has 10 nitrogen and oxygen atoms in total. The number of methoxy groups -OCH3 is 1. The first-order valence-electron chi connectivity index (χ1n) is 7.76. The summed E-state index contributed by atoms with van der Waals surface area (Å²) in [4.78, 5) is 3.77. The number of ether oxygens (including phenoxy) is 1. The molecule has 0 fully saturated rings. The van der Waals surface area contributed by atoms with E-state index in [0.717, 1.165) is 10.7 Å². The van der Waals surface area contributed by atoms with Crippen LogP contribution in [0.4, 0.5) is 0 Å². The summed E-state index contributed by atoms with van der Waals surface area (Å²) < 4.78 is 28.8. The molecule has 1 heterocycles. The fourth-order valence-corrected chi connectivity index (χ4v) is 3.36. The molecule has 0 unspecified atom stereocenters. The number of halogens is 1. The summed E-state index contributed by atoms with van der Waals surface area (Å²) in [6.07, 6.45) is 2.54. The summed E-state index contributed by atoms with van der Waals surface area (Å²) in [5.74, 6) is 6.42. The Morgan fingerprint density at radius 1 is 1.36 bits per heavy atom. The van der Waals surface area contributed by atoms with Crippen LogP contribution >= 0.6 is 15.9 Å². The molecule has 1 aromatic heterocycles. The van der Waals surface area contributed by atoms with Gasteiger partial charge in [0.05, 0.1) is 19.2 Å². The van der Waals surface area contributed by atoms with Crippen molar-refractivity contribution in [1.82, 2.24) is 10.1 Å². The molecule has 0 radical (unpaired) electrons. The van der Waals surface area contributed by atoms with Crippen LogP contribution in [0, 0.1) is 5.41 Å². The van der Waals surface area contributed by atoms with Gasteiger partial charge in [-0.3, -0.25) is 0 Å². The number of sulfonamides is 1. The van der Waals surface area contributed by atoms with Crippen molar-refractivity contribution in [3.05, 3.63) is 52.1 Å². The van der Waals surface area contributed by atoms with Crippen molar-refractivity contribution < 1.29 is 13.2 Å². The molecule has 0 amide bonds. The summed E-state index contributed by atoms with van der Waals surface area (Å²) in [6.45, 7) is 1.91. The van der Waals surface area contributed by atoms with Crippen LogP contribution in [0.1, 0.15) is 18.1 Å². The number of nitrogens with one attached hydrogen (secondary N) is 1. The Balaban J connectivity index is 0.00000122. The van der Waals surface area contributed by atoms with Gasteiger partial charge in [-0.1, -0.05) is 12.1 Å². The molecule has 0 atom stereocenters. The molecule has 0 aliphatic heterocycles. The minimum Gasteiger partial charge on any atom is -0.497 e. The lowest BCUT2D eigenvalue weighted by Gasteiger charge is -2.15. The van der Waals surface area contributed by atoms with E-state index >= 15 is 0 Å². The van der Waals surface area contributed by atoms with E-state index in [2.05, 4.69) is 26.0 Å². The topological polar surface area (TPSA) is 174 Å². The van der Waals surface area contributed by atoms with Crippen LogP contribution in [0.25, 0.3) is 0 Å². The van der Waals surface area contributed by atoms with Crippen molar-refractivity contribution in [2.24, 2.45) is 21.8 Å². The molecule has 0 spiro atoms. The average Bonchev–Trinajstić information content (AvgIpc) is 2.61. The minimum absolute atomic E-state index is 0.0511. The molecule has 28 heavy (non-hydrogen) atoms. The van der Waals surface area contributed by atoms with Gasteiger partial charge in [0, 0.05) is 10.7 Å². The number of hydrogen-bond donors (Lipinski definition) is 4. The highest BCUT2D eigenvalue weighted by atomic mass is 79.9. The summed E-state index contributed by atoms with van der Waals surface area (Å²) in [7, 11) is -2.51. The minimum atomic E-state index is -4.08. The van der Waals surface area contributed by atoms with Crippen molar-refractivity contribution >= 4 is 38.0 Å². The first-order chi connectivity index (χ1) is 13.1. The van der Waals surface area contributed by atoms with Crippen LogP contribution in [-0.2, 0) is 16.6 Å². The van der Waals surface area contributed by atoms with Crippen molar-refractivity contribution in [2.45, 2.75) is 18.5 Å². The number of nitrogens with two attached hydrogens (primary N) is 3. The zero-order chi connectivity index (χ0) is 21.3. The molecular weight excluding hydrogens is 450 g/mol. The fourth-order valence-electron chi connectivity index (χ4n) is 2.01. The predicted molar refractivity (Wildman–Crippen MR) is 111 cm³/mol. The van der Waals surface area contributed by atoms with Gasteiger partial charge in [0.1, 0.15) is 5.75 Å². The van der Waals surface area contributed by atoms with E-state index in [9.17, 15) is 8.42 Å². The maximum Gasteiger partial charge on any atom is 0.256 e. The molecule has 2 rings (SSSR count). The van der Waals surface area contributed by atoms with E-state index in [1.165, 1.54) is 18.5 Å². The number of hydrazine groups is 1. The highest BCUT2D eigenvalue weighted by Gasteiger charge is 2.21. The summed E-state index contributed by atoms with van der Waals surface area (Å²) >= 11 is 3.22. The van der Waals surface area contributed by atoms with Gasteiger partial charge in [0.2, 0.25) is 0 Å². The van der Waals surface area contributed by atoms with Crippen LogP contribution in [0.5, 0.6) is 5.75 Å². The standard InChI is InChI=1S/C14H17BrN6O3S.C2H5N/c1-24-10-4-2-9(3-5-10)8-21(17)20-13(16)12-11(15)6-7-19-14(12)25(18,22)23;1-2-3/h2-7H,8,17H2,1H3,(H2,16,20)(H2,18,22,23);2-3H,1H3. The van der Waals surface area contributed by atoms with Gasteiger partial charge in [0.25, 0.3) is 10.0 Å². The van der Waals surface area contributed by atoms with Crippen molar-refractivity contribution in [2.75, 3.05) is 7.11 Å². The summed E-state index contributed by atoms with van der Waals surface area (Å²) in [5.41, 5.74) is 6.82. The number of pyridine rings is 1. The second kappa shape index (κ2) is 10.7. The predicted octanol–water partition coefficient (Wildman–Crippen LogP) is 1.15. The van der Waals surface area contributed by atoms with Gasteiger partial charge in [-0.15, -0.1) is 5.10 Å². The molecule has 152 valence electrons. The van der Waals surface area contributed by atoms with E-state index < -0.39 is 10.0 Å². The Labute approximate surface area is 172 Å². The van der Waals surface area contributed by atoms with Crippen molar-refractivity contribution in [3.8, 4) is 5.75 Å². The second-order valence-corrected chi connectivity index (χ2v) is 7.57. The second-order valence-electron chi connectivity index (χ2n) is 5.24. The largest absolute Gasteiger partial charge is 0.497 e. The van der Waals surface area contributed by atoms with Crippen LogP contribution in [0.15, 0.2) is 51.1 Å². The lowest BCUT2D eigenvalue weighted by molar-refractivity contribution is 0.290. The molecule has 0 aliphatic carbocycles. The highest BCUT2D eigenvalue weighted by molar-refractivity contribution is 9.10. The van der Waals surface area contributed by atoms with E-state index in [-0.39, 0.29) is 23.0 Å². The maximum atomic E-state index is 11.7. The number of rotatable bonds is 6. The molecule has 0 aliphatic rings. The number of hydrogen-bond acceptors (Lipinski definition) is 8. The Kier molecular flexibility index (Phi) is 8.99. The first-order valence-corrected chi connectivity index (χ1v) is 10.1. The maximum absolute atomic E-state index is 11.7. The third kappa shape index (κ3) is 6.88. The molecule has 0 bridgehead atoms. The van der Waals surface area contributed by atoms with Gasteiger partial charge in [-0.25, -0.2) is 29.5 Å². The molecule has 12 heteroatoms. The van der Waals surface area contributed by atoms with Crippen LogP contribution in [0.3, 0.4) is 0 Å². The Bertz CT molecular complexity index is 934. The Hall–Kier alpha value is -2.54. The molecule has 0 saturated heterocycles. The molecule has 1 aromatic carbocycles. The SMILES string of the molecule is CC=N.COc1ccc(CN(N)/N=C(\N)c2c(Br)ccnc2S(N)(=O)=O)cc1. The number of amidine groups is 1. The molecule has 2 aromatic rings. The third-order valence-corrected chi connectivity index (χ3v) is 4.64. The summed E-state index contributed by atoms with van der Waals surface area (Å²) in [6, 6.07) is 8.73. The van der Waals surface area contributed by atoms with Crippen molar-refractivity contribution in [3.63, 3.8) is 0 Å².